The number of nitrogens with zero attached hydrogens (tertiary/aromatic N) is 3. The van der Waals surface area contributed by atoms with E-state index >= 15 is 0 Å². The van der Waals surface area contributed by atoms with Crippen LogP contribution in [-0.2, 0) is 0 Å². The molecule has 3 nitrogen and oxygen atoms in total. The maximum Gasteiger partial charge on any atom is 0.160 e. The summed E-state index contributed by atoms with van der Waals surface area (Å²) in [7, 11) is 0. The second-order valence-electron chi connectivity index (χ2n) is 11.1. The fourth-order valence-corrected chi connectivity index (χ4v) is 6.45. The van der Waals surface area contributed by atoms with Crippen molar-refractivity contribution < 1.29 is 0 Å². The van der Waals surface area contributed by atoms with Gasteiger partial charge in [0.05, 0.1) is 22.2 Å². The summed E-state index contributed by atoms with van der Waals surface area (Å²) in [6.45, 7) is 0. The number of hydrogen-bond donors (Lipinski definition) is 0. The first-order valence-electron chi connectivity index (χ1n) is 14.6. The van der Waals surface area contributed by atoms with Gasteiger partial charge in [-0.2, -0.15) is 0 Å². The third-order valence-corrected chi connectivity index (χ3v) is 8.53. The minimum atomic E-state index is 0.725. The summed E-state index contributed by atoms with van der Waals surface area (Å²) in [5, 5.41) is 8.54. The standard InChI is InChI=1S/C40H25N3/c1-2-10-26(11-3-1)39-33-16-8-9-17-36(33)41-40(42-39)27-18-20-32(21-19-27)43-37-24-30-14-6-4-12-28(30)22-34(37)35-23-29-13-5-7-15-31(29)25-38(35)43/h1-25H. The highest BCUT2D eigenvalue weighted by Crippen LogP contribution is 2.37. The minimum absolute atomic E-state index is 0.725. The molecule has 9 aromatic rings. The zero-order chi connectivity index (χ0) is 28.3. The van der Waals surface area contributed by atoms with Gasteiger partial charge in [0.2, 0.25) is 0 Å². The van der Waals surface area contributed by atoms with Crippen LogP contribution in [-0.4, -0.2) is 14.5 Å². The van der Waals surface area contributed by atoms with Gasteiger partial charge < -0.3 is 4.57 Å². The molecule has 0 aliphatic rings. The predicted molar refractivity (Wildman–Crippen MR) is 180 cm³/mol. The number of hydrogen-bond acceptors (Lipinski definition) is 2. The molecule has 0 fully saturated rings. The number of fused-ring (bicyclic) bond motifs is 6. The molecule has 43 heavy (non-hydrogen) atoms. The van der Waals surface area contributed by atoms with Crippen LogP contribution < -0.4 is 0 Å². The SMILES string of the molecule is c1ccc(-c2nc(-c3ccc(-n4c5cc6ccccc6cc5c5cc6ccccc6cc54)cc3)nc3ccccc23)cc1. The van der Waals surface area contributed by atoms with Crippen LogP contribution in [0.4, 0.5) is 0 Å². The summed E-state index contributed by atoms with van der Waals surface area (Å²) in [6.07, 6.45) is 0. The van der Waals surface area contributed by atoms with Crippen LogP contribution >= 0.6 is 0 Å². The van der Waals surface area contributed by atoms with Gasteiger partial charge in [-0.25, -0.2) is 9.97 Å². The van der Waals surface area contributed by atoms with Crippen molar-refractivity contribution in [2.45, 2.75) is 0 Å². The molecule has 7 aromatic carbocycles. The van der Waals surface area contributed by atoms with Crippen molar-refractivity contribution in [3.05, 3.63) is 152 Å². The molecule has 0 amide bonds. The fraction of sp³-hybridized carbons (Fsp3) is 0. The Hall–Kier alpha value is -5.80. The maximum absolute atomic E-state index is 5.08. The Kier molecular flexibility index (Phi) is 5.20. The average molecular weight is 548 g/mol. The van der Waals surface area contributed by atoms with E-state index in [1.807, 2.05) is 18.2 Å². The van der Waals surface area contributed by atoms with E-state index in [9.17, 15) is 0 Å². The predicted octanol–water partition coefficient (Wildman–Crippen LogP) is 10.4. The Labute approximate surface area is 248 Å². The topological polar surface area (TPSA) is 30.7 Å². The van der Waals surface area contributed by atoms with Crippen molar-refractivity contribution in [2.24, 2.45) is 0 Å². The fourth-order valence-electron chi connectivity index (χ4n) is 6.45. The Bertz CT molecular complexity index is 2400. The van der Waals surface area contributed by atoms with Gasteiger partial charge in [-0.15, -0.1) is 0 Å². The lowest BCUT2D eigenvalue weighted by atomic mass is 10.0. The van der Waals surface area contributed by atoms with E-state index in [2.05, 4.69) is 138 Å². The van der Waals surface area contributed by atoms with Gasteiger partial charge in [0.25, 0.3) is 0 Å². The molecule has 0 unspecified atom stereocenters. The van der Waals surface area contributed by atoms with E-state index in [0.29, 0.717) is 0 Å². The number of aromatic nitrogens is 3. The Morgan fingerprint density at radius 1 is 0.395 bits per heavy atom. The molecule has 0 N–H and O–H groups in total. The molecule has 0 saturated heterocycles. The van der Waals surface area contributed by atoms with Crippen LogP contribution in [0.15, 0.2) is 152 Å². The van der Waals surface area contributed by atoms with Crippen LogP contribution in [0.5, 0.6) is 0 Å². The van der Waals surface area contributed by atoms with Crippen LogP contribution in [0.3, 0.4) is 0 Å². The third-order valence-electron chi connectivity index (χ3n) is 8.53. The highest BCUT2D eigenvalue weighted by Gasteiger charge is 2.16. The molecule has 2 aromatic heterocycles. The van der Waals surface area contributed by atoms with Crippen molar-refractivity contribution in [1.82, 2.24) is 14.5 Å². The Morgan fingerprint density at radius 3 is 1.56 bits per heavy atom. The minimum Gasteiger partial charge on any atom is -0.309 e. The van der Waals surface area contributed by atoms with Crippen molar-refractivity contribution in [3.63, 3.8) is 0 Å². The zero-order valence-corrected chi connectivity index (χ0v) is 23.3. The summed E-state index contributed by atoms with van der Waals surface area (Å²) in [4.78, 5) is 10.1. The summed E-state index contributed by atoms with van der Waals surface area (Å²) >= 11 is 0. The van der Waals surface area contributed by atoms with E-state index in [4.69, 9.17) is 9.97 Å². The first-order chi connectivity index (χ1) is 21.3. The van der Waals surface area contributed by atoms with Gasteiger partial charge >= 0.3 is 0 Å². The lowest BCUT2D eigenvalue weighted by Crippen LogP contribution is -1.97. The maximum atomic E-state index is 5.08. The molecule has 0 bridgehead atoms. The first-order valence-corrected chi connectivity index (χ1v) is 14.6. The largest absolute Gasteiger partial charge is 0.309 e. The van der Waals surface area contributed by atoms with E-state index in [1.54, 1.807) is 0 Å². The monoisotopic (exact) mass is 547 g/mol. The molecule has 0 aliphatic heterocycles. The van der Waals surface area contributed by atoms with Gasteiger partial charge in [-0.1, -0.05) is 97.1 Å². The summed E-state index contributed by atoms with van der Waals surface area (Å²) in [6, 6.07) is 53.8. The second-order valence-corrected chi connectivity index (χ2v) is 11.1. The molecule has 200 valence electrons. The van der Waals surface area contributed by atoms with Gasteiger partial charge in [0.15, 0.2) is 5.82 Å². The molecule has 2 heterocycles. The zero-order valence-electron chi connectivity index (χ0n) is 23.3. The molecular weight excluding hydrogens is 522 g/mol. The van der Waals surface area contributed by atoms with Crippen LogP contribution in [0.25, 0.3) is 82.6 Å². The quantitative estimate of drug-likeness (QED) is 0.220. The van der Waals surface area contributed by atoms with Gasteiger partial charge in [0, 0.05) is 33.0 Å². The summed E-state index contributed by atoms with van der Waals surface area (Å²) in [5.74, 6) is 0.725. The smallest absolute Gasteiger partial charge is 0.160 e. The highest BCUT2D eigenvalue weighted by molar-refractivity contribution is 6.16. The second kappa shape index (κ2) is 9.37. The van der Waals surface area contributed by atoms with E-state index in [1.165, 1.54) is 43.4 Å². The van der Waals surface area contributed by atoms with Gasteiger partial charge in [-0.3, -0.25) is 0 Å². The molecule has 9 rings (SSSR count). The van der Waals surface area contributed by atoms with Gasteiger partial charge in [0.1, 0.15) is 0 Å². The van der Waals surface area contributed by atoms with Crippen molar-refractivity contribution in [1.29, 1.82) is 0 Å². The molecule has 0 saturated carbocycles. The van der Waals surface area contributed by atoms with Crippen molar-refractivity contribution >= 4 is 54.3 Å². The van der Waals surface area contributed by atoms with E-state index in [-0.39, 0.29) is 0 Å². The highest BCUT2D eigenvalue weighted by atomic mass is 15.0. The first kappa shape index (κ1) is 23.9. The molecule has 0 spiro atoms. The van der Waals surface area contributed by atoms with E-state index in [0.717, 1.165) is 39.2 Å². The normalized spacial score (nSPS) is 11.7. The molecule has 0 radical (unpaired) electrons. The average Bonchev–Trinajstić information content (AvgIpc) is 3.38. The Morgan fingerprint density at radius 2 is 0.930 bits per heavy atom. The van der Waals surface area contributed by atoms with Crippen LogP contribution in [0.2, 0.25) is 0 Å². The van der Waals surface area contributed by atoms with Crippen LogP contribution in [0.1, 0.15) is 0 Å². The molecule has 0 atom stereocenters. The third kappa shape index (κ3) is 3.83. The number of benzene rings is 7. The van der Waals surface area contributed by atoms with Crippen LogP contribution in [0, 0.1) is 0 Å². The number of rotatable bonds is 3. The molecule has 3 heteroatoms. The van der Waals surface area contributed by atoms with Crippen molar-refractivity contribution in [2.75, 3.05) is 0 Å². The van der Waals surface area contributed by atoms with Crippen molar-refractivity contribution in [3.8, 4) is 28.3 Å². The summed E-state index contributed by atoms with van der Waals surface area (Å²) < 4.78 is 2.39. The lowest BCUT2D eigenvalue weighted by molar-refractivity contribution is 1.18. The van der Waals surface area contributed by atoms with E-state index < -0.39 is 0 Å². The summed E-state index contributed by atoms with van der Waals surface area (Å²) in [5.41, 5.74) is 7.48. The molecular formula is C40H25N3. The van der Waals surface area contributed by atoms with Gasteiger partial charge in [-0.05, 0) is 76.1 Å². The lowest BCUT2D eigenvalue weighted by Gasteiger charge is -2.12. The number of para-hydroxylation sites is 1. The molecule has 0 aliphatic carbocycles. The Balaban J connectivity index is 1.25.